The third kappa shape index (κ3) is 4.25. The van der Waals surface area contributed by atoms with Crippen molar-refractivity contribution >= 4 is 11.7 Å². The Morgan fingerprint density at radius 2 is 1.94 bits per heavy atom. The highest BCUT2D eigenvalue weighted by Gasteiger charge is 2.31. The van der Waals surface area contributed by atoms with Crippen molar-refractivity contribution < 1.29 is 18.7 Å². The van der Waals surface area contributed by atoms with E-state index in [-0.39, 0.29) is 0 Å². The van der Waals surface area contributed by atoms with Crippen molar-refractivity contribution in [1.82, 2.24) is 0 Å². The average molecular weight is 229 g/mol. The van der Waals surface area contributed by atoms with E-state index in [1.165, 1.54) is 0 Å². The molecule has 88 valence electrons. The minimum absolute atomic E-state index is 0.552. The maximum Gasteiger partial charge on any atom is 0.309 e. The number of hydrogen-bond donors (Lipinski definition) is 2. The molecule has 0 radical (unpaired) electrons. The van der Waals surface area contributed by atoms with Gasteiger partial charge in [0.2, 0.25) is 0 Å². The Hall–Kier alpha value is -1.65. The Morgan fingerprint density at radius 1 is 1.38 bits per heavy atom. The number of carboxylic acids is 1. The van der Waals surface area contributed by atoms with Gasteiger partial charge in [0.1, 0.15) is 6.42 Å². The minimum Gasteiger partial charge on any atom is -0.481 e. The van der Waals surface area contributed by atoms with E-state index >= 15 is 0 Å². The molecule has 0 aromatic heterocycles. The van der Waals surface area contributed by atoms with Crippen molar-refractivity contribution in [2.24, 2.45) is 0 Å². The van der Waals surface area contributed by atoms with Crippen molar-refractivity contribution in [2.75, 3.05) is 11.9 Å². The van der Waals surface area contributed by atoms with Crippen LogP contribution in [0, 0.1) is 6.92 Å². The van der Waals surface area contributed by atoms with Gasteiger partial charge in [-0.05, 0) is 19.1 Å². The number of halogens is 2. The molecule has 0 unspecified atom stereocenters. The SMILES string of the molecule is Cc1ccc(NCC(F)(F)CC(=O)O)cc1. The van der Waals surface area contributed by atoms with Gasteiger partial charge in [-0.2, -0.15) is 0 Å². The van der Waals surface area contributed by atoms with Crippen LogP contribution in [-0.4, -0.2) is 23.5 Å². The van der Waals surface area contributed by atoms with E-state index < -0.39 is 24.9 Å². The number of nitrogens with one attached hydrogen (secondary N) is 1. The van der Waals surface area contributed by atoms with Crippen molar-refractivity contribution in [3.8, 4) is 0 Å². The standard InChI is InChI=1S/C11H13F2NO2/c1-8-2-4-9(5-3-8)14-7-11(12,13)6-10(15)16/h2-5,14H,6-7H2,1H3,(H,15,16). The van der Waals surface area contributed by atoms with Crippen LogP contribution >= 0.6 is 0 Å². The first-order valence-electron chi connectivity index (χ1n) is 4.79. The smallest absolute Gasteiger partial charge is 0.309 e. The number of alkyl halides is 2. The van der Waals surface area contributed by atoms with Crippen LogP contribution in [0.1, 0.15) is 12.0 Å². The van der Waals surface area contributed by atoms with Gasteiger partial charge in [-0.1, -0.05) is 17.7 Å². The normalized spacial score (nSPS) is 11.2. The number of hydrogen-bond acceptors (Lipinski definition) is 2. The Morgan fingerprint density at radius 3 is 2.44 bits per heavy atom. The molecule has 0 heterocycles. The van der Waals surface area contributed by atoms with Crippen LogP contribution in [-0.2, 0) is 4.79 Å². The van der Waals surface area contributed by atoms with E-state index in [1.807, 2.05) is 6.92 Å². The van der Waals surface area contributed by atoms with Crippen molar-refractivity contribution in [3.63, 3.8) is 0 Å². The largest absolute Gasteiger partial charge is 0.481 e. The van der Waals surface area contributed by atoms with E-state index in [1.54, 1.807) is 24.3 Å². The molecular weight excluding hydrogens is 216 g/mol. The summed E-state index contributed by atoms with van der Waals surface area (Å²) in [6.45, 7) is 1.21. The summed E-state index contributed by atoms with van der Waals surface area (Å²) in [6.07, 6.45) is -1.16. The average Bonchev–Trinajstić information content (AvgIpc) is 2.15. The molecule has 0 aliphatic carbocycles. The van der Waals surface area contributed by atoms with Crippen molar-refractivity contribution in [3.05, 3.63) is 29.8 Å². The number of rotatable bonds is 5. The van der Waals surface area contributed by atoms with Gasteiger partial charge in [-0.3, -0.25) is 4.79 Å². The van der Waals surface area contributed by atoms with Gasteiger partial charge >= 0.3 is 5.97 Å². The van der Waals surface area contributed by atoms with Gasteiger partial charge in [-0.25, -0.2) is 8.78 Å². The summed E-state index contributed by atoms with van der Waals surface area (Å²) >= 11 is 0. The maximum atomic E-state index is 13.0. The number of carboxylic acid groups (broad SMARTS) is 1. The zero-order chi connectivity index (χ0) is 12.2. The Labute approximate surface area is 92.1 Å². The summed E-state index contributed by atoms with van der Waals surface area (Å²) in [4.78, 5) is 10.2. The highest BCUT2D eigenvalue weighted by molar-refractivity contribution is 5.68. The lowest BCUT2D eigenvalue weighted by molar-refractivity contribution is -0.144. The molecule has 0 fully saturated rings. The highest BCUT2D eigenvalue weighted by atomic mass is 19.3. The summed E-state index contributed by atoms with van der Waals surface area (Å²) < 4.78 is 26.0. The summed E-state index contributed by atoms with van der Waals surface area (Å²) in [6, 6.07) is 6.92. The number of benzene rings is 1. The molecule has 0 atom stereocenters. The predicted octanol–water partition coefficient (Wildman–Crippen LogP) is 2.52. The zero-order valence-electron chi connectivity index (χ0n) is 8.84. The van der Waals surface area contributed by atoms with E-state index in [0.29, 0.717) is 5.69 Å². The van der Waals surface area contributed by atoms with Crippen LogP contribution in [0.5, 0.6) is 0 Å². The molecule has 1 aromatic carbocycles. The Balaban J connectivity index is 2.50. The fourth-order valence-corrected chi connectivity index (χ4v) is 1.19. The molecule has 1 rings (SSSR count). The second kappa shape index (κ2) is 4.92. The second-order valence-electron chi connectivity index (χ2n) is 3.65. The lowest BCUT2D eigenvalue weighted by Crippen LogP contribution is -2.30. The van der Waals surface area contributed by atoms with Gasteiger partial charge in [0.25, 0.3) is 5.92 Å². The molecule has 0 aliphatic heterocycles. The van der Waals surface area contributed by atoms with E-state index in [0.717, 1.165) is 5.56 Å². The number of anilines is 1. The Bertz CT molecular complexity index is 363. The molecule has 0 saturated carbocycles. The van der Waals surface area contributed by atoms with Crippen LogP contribution in [0.3, 0.4) is 0 Å². The molecule has 5 heteroatoms. The zero-order valence-corrected chi connectivity index (χ0v) is 8.84. The molecule has 3 nitrogen and oxygen atoms in total. The van der Waals surface area contributed by atoms with Crippen molar-refractivity contribution in [2.45, 2.75) is 19.3 Å². The quantitative estimate of drug-likeness (QED) is 0.815. The van der Waals surface area contributed by atoms with Crippen LogP contribution in [0.4, 0.5) is 14.5 Å². The number of carbonyl (C=O) groups is 1. The van der Waals surface area contributed by atoms with Gasteiger partial charge in [0, 0.05) is 5.69 Å². The van der Waals surface area contributed by atoms with E-state index in [2.05, 4.69) is 5.32 Å². The summed E-state index contributed by atoms with van der Waals surface area (Å²) in [5.74, 6) is -4.74. The van der Waals surface area contributed by atoms with Crippen molar-refractivity contribution in [1.29, 1.82) is 0 Å². The lowest BCUT2D eigenvalue weighted by Gasteiger charge is -2.15. The second-order valence-corrected chi connectivity index (χ2v) is 3.65. The van der Waals surface area contributed by atoms with Gasteiger partial charge in [0.05, 0.1) is 6.54 Å². The molecular formula is C11H13F2NO2. The highest BCUT2D eigenvalue weighted by Crippen LogP contribution is 2.19. The maximum absolute atomic E-state index is 13.0. The molecule has 16 heavy (non-hydrogen) atoms. The summed E-state index contributed by atoms with van der Waals surface area (Å²) in [5.41, 5.74) is 1.58. The number of aryl methyl sites for hydroxylation is 1. The first-order chi connectivity index (χ1) is 7.39. The first kappa shape index (κ1) is 12.4. The van der Waals surface area contributed by atoms with Gasteiger partial charge < -0.3 is 10.4 Å². The summed E-state index contributed by atoms with van der Waals surface area (Å²) in [7, 11) is 0. The molecule has 1 aromatic rings. The lowest BCUT2D eigenvalue weighted by atomic mass is 10.2. The van der Waals surface area contributed by atoms with Gasteiger partial charge in [0.15, 0.2) is 0 Å². The fourth-order valence-electron chi connectivity index (χ4n) is 1.19. The van der Waals surface area contributed by atoms with Gasteiger partial charge in [-0.15, -0.1) is 0 Å². The van der Waals surface area contributed by atoms with Crippen LogP contribution in [0.2, 0.25) is 0 Å². The molecule has 0 saturated heterocycles. The monoisotopic (exact) mass is 229 g/mol. The van der Waals surface area contributed by atoms with E-state index in [4.69, 9.17) is 5.11 Å². The third-order valence-corrected chi connectivity index (χ3v) is 2.01. The summed E-state index contributed by atoms with van der Waals surface area (Å²) in [5, 5.41) is 10.8. The predicted molar refractivity (Wildman–Crippen MR) is 56.9 cm³/mol. The molecule has 0 bridgehead atoms. The van der Waals surface area contributed by atoms with Crippen LogP contribution < -0.4 is 5.32 Å². The third-order valence-electron chi connectivity index (χ3n) is 2.01. The Kier molecular flexibility index (Phi) is 3.82. The first-order valence-corrected chi connectivity index (χ1v) is 4.79. The van der Waals surface area contributed by atoms with Crippen LogP contribution in [0.25, 0.3) is 0 Å². The minimum atomic E-state index is -3.24. The number of aliphatic carboxylic acids is 1. The van der Waals surface area contributed by atoms with Crippen LogP contribution in [0.15, 0.2) is 24.3 Å². The molecule has 0 aliphatic rings. The topological polar surface area (TPSA) is 49.3 Å². The molecule has 0 amide bonds. The fraction of sp³-hybridized carbons (Fsp3) is 0.364. The molecule has 2 N–H and O–H groups in total. The van der Waals surface area contributed by atoms with E-state index in [9.17, 15) is 13.6 Å². The molecule has 0 spiro atoms.